The molecule has 1 fully saturated rings. The Morgan fingerprint density at radius 1 is 1.07 bits per heavy atom. The average Bonchev–Trinajstić information content (AvgIpc) is 3.05. The molecule has 0 spiro atoms. The predicted octanol–water partition coefficient (Wildman–Crippen LogP) is 3.32. The number of carbonyl (C=O) groups is 2. The number of carboxylic acids is 1. The smallest absolute Gasteiger partial charge is 0.407 e. The summed E-state index contributed by atoms with van der Waals surface area (Å²) in [6.45, 7) is 1.85. The van der Waals surface area contributed by atoms with Gasteiger partial charge in [-0.1, -0.05) is 48.5 Å². The number of nitrogens with one attached hydrogen (secondary N) is 1. The van der Waals surface area contributed by atoms with Crippen molar-refractivity contribution < 1.29 is 19.4 Å². The number of aliphatic carboxylic acids is 1. The van der Waals surface area contributed by atoms with Crippen molar-refractivity contribution in [1.29, 1.82) is 0 Å². The largest absolute Gasteiger partial charge is 0.480 e. The molecule has 2 N–H and O–H groups in total. The number of amides is 1. The molecule has 6 heteroatoms. The number of benzene rings is 2. The van der Waals surface area contributed by atoms with E-state index in [1.54, 1.807) is 0 Å². The van der Waals surface area contributed by atoms with Gasteiger partial charge in [0.1, 0.15) is 12.6 Å². The molecule has 4 rings (SSSR count). The Bertz CT molecular complexity index is 860. The highest BCUT2D eigenvalue weighted by Gasteiger charge is 2.33. The normalized spacial score (nSPS) is 18.0. The minimum Gasteiger partial charge on any atom is -0.480 e. The Balaban J connectivity index is 1.42. The van der Waals surface area contributed by atoms with Gasteiger partial charge in [-0.05, 0) is 61.2 Å². The van der Waals surface area contributed by atoms with Crippen LogP contribution in [0.4, 0.5) is 4.79 Å². The molecule has 6 nitrogen and oxygen atoms in total. The van der Waals surface area contributed by atoms with Crippen LogP contribution in [-0.2, 0) is 9.53 Å². The minimum atomic E-state index is -1.01. The predicted molar refractivity (Wildman–Crippen MR) is 110 cm³/mol. The lowest BCUT2D eigenvalue weighted by Crippen LogP contribution is -2.49. The summed E-state index contributed by atoms with van der Waals surface area (Å²) in [6.07, 6.45) is 0.826. The molecule has 1 amide bonds. The second kappa shape index (κ2) is 8.25. The number of nitrogens with zero attached hydrogens (tertiary/aromatic N) is 1. The maximum absolute atomic E-state index is 12.4. The summed E-state index contributed by atoms with van der Waals surface area (Å²) in [5.41, 5.74) is 4.58. The zero-order chi connectivity index (χ0) is 20.4. The van der Waals surface area contributed by atoms with Crippen molar-refractivity contribution in [1.82, 2.24) is 10.2 Å². The Hall–Kier alpha value is -2.86. The van der Waals surface area contributed by atoms with Crippen LogP contribution in [0, 0.1) is 5.92 Å². The Morgan fingerprint density at radius 3 is 2.17 bits per heavy atom. The first-order valence-electron chi connectivity index (χ1n) is 10.1. The highest BCUT2D eigenvalue weighted by molar-refractivity contribution is 5.81. The average molecular weight is 394 g/mol. The van der Waals surface area contributed by atoms with Gasteiger partial charge < -0.3 is 20.1 Å². The van der Waals surface area contributed by atoms with Gasteiger partial charge in [0.05, 0.1) is 0 Å². The first kappa shape index (κ1) is 19.5. The lowest BCUT2D eigenvalue weighted by atomic mass is 9.89. The number of rotatable bonds is 5. The van der Waals surface area contributed by atoms with Crippen molar-refractivity contribution in [3.63, 3.8) is 0 Å². The van der Waals surface area contributed by atoms with E-state index in [0.29, 0.717) is 0 Å². The van der Waals surface area contributed by atoms with Crippen molar-refractivity contribution in [3.8, 4) is 11.1 Å². The summed E-state index contributed by atoms with van der Waals surface area (Å²) in [7, 11) is 2.02. The molecule has 2 aromatic carbocycles. The molecule has 152 valence electrons. The van der Waals surface area contributed by atoms with Crippen LogP contribution in [-0.4, -0.2) is 54.9 Å². The molecule has 1 aliphatic heterocycles. The number of carboxylic acid groups (broad SMARTS) is 1. The van der Waals surface area contributed by atoms with Gasteiger partial charge in [-0.3, -0.25) is 0 Å². The molecule has 1 heterocycles. The summed E-state index contributed by atoms with van der Waals surface area (Å²) < 4.78 is 5.51. The summed E-state index contributed by atoms with van der Waals surface area (Å²) >= 11 is 0. The van der Waals surface area contributed by atoms with Crippen LogP contribution < -0.4 is 5.32 Å². The second-order valence-electron chi connectivity index (χ2n) is 7.93. The number of carbonyl (C=O) groups excluding carboxylic acids is 1. The number of piperidine rings is 1. The third kappa shape index (κ3) is 3.98. The van der Waals surface area contributed by atoms with E-state index in [1.165, 1.54) is 0 Å². The van der Waals surface area contributed by atoms with Crippen LogP contribution in [0.2, 0.25) is 0 Å². The Labute approximate surface area is 170 Å². The molecule has 1 atom stereocenters. The molecule has 29 heavy (non-hydrogen) atoms. The fourth-order valence-electron chi connectivity index (χ4n) is 4.51. The maximum atomic E-state index is 12.4. The molecule has 2 aliphatic rings. The van der Waals surface area contributed by atoms with E-state index in [9.17, 15) is 14.7 Å². The first-order valence-corrected chi connectivity index (χ1v) is 10.1. The molecule has 0 bridgehead atoms. The number of hydrogen-bond donors (Lipinski definition) is 2. The highest BCUT2D eigenvalue weighted by atomic mass is 16.5. The molecule has 1 unspecified atom stereocenters. The van der Waals surface area contributed by atoms with E-state index < -0.39 is 18.1 Å². The van der Waals surface area contributed by atoms with Crippen LogP contribution >= 0.6 is 0 Å². The van der Waals surface area contributed by atoms with Crippen LogP contribution in [0.5, 0.6) is 0 Å². The molecular formula is C23H26N2O4. The van der Waals surface area contributed by atoms with Crippen LogP contribution in [0.1, 0.15) is 29.9 Å². The maximum Gasteiger partial charge on any atom is 0.407 e. The van der Waals surface area contributed by atoms with E-state index >= 15 is 0 Å². The van der Waals surface area contributed by atoms with Gasteiger partial charge in [0.15, 0.2) is 0 Å². The standard InChI is InChI=1S/C23H26N2O4/c1-25-12-10-15(11-13-25)21(22(26)27)24-23(28)29-14-20-18-8-4-2-6-16(18)17-7-3-5-9-19(17)20/h2-9,15,20-21H,10-14H2,1H3,(H,24,28)(H,26,27). The van der Waals surface area contributed by atoms with Gasteiger partial charge in [0, 0.05) is 5.92 Å². The number of fused-ring (bicyclic) bond motifs is 3. The first-order chi connectivity index (χ1) is 14.0. The Morgan fingerprint density at radius 2 is 1.62 bits per heavy atom. The number of alkyl carbamates (subject to hydrolysis) is 1. The van der Waals surface area contributed by atoms with Gasteiger partial charge in [-0.25, -0.2) is 9.59 Å². The fraction of sp³-hybridized carbons (Fsp3) is 0.391. The topological polar surface area (TPSA) is 78.9 Å². The number of likely N-dealkylation sites (tertiary alicyclic amines) is 1. The lowest BCUT2D eigenvalue weighted by Gasteiger charge is -2.32. The zero-order valence-corrected chi connectivity index (χ0v) is 16.5. The molecular weight excluding hydrogens is 368 g/mol. The summed E-state index contributed by atoms with van der Waals surface area (Å²) in [4.78, 5) is 26.3. The van der Waals surface area contributed by atoms with Crippen LogP contribution in [0.3, 0.4) is 0 Å². The van der Waals surface area contributed by atoms with Gasteiger partial charge in [0.25, 0.3) is 0 Å². The SMILES string of the molecule is CN1CCC(C(NC(=O)OCC2c3ccccc3-c3ccccc32)C(=O)O)CC1. The summed E-state index contributed by atoms with van der Waals surface area (Å²) in [5.74, 6) is -1.13. The van der Waals surface area contributed by atoms with Crippen LogP contribution in [0.25, 0.3) is 11.1 Å². The van der Waals surface area contributed by atoms with E-state index in [1.807, 2.05) is 31.3 Å². The van der Waals surface area contributed by atoms with Gasteiger partial charge in [-0.15, -0.1) is 0 Å². The number of ether oxygens (including phenoxy) is 1. The second-order valence-corrected chi connectivity index (χ2v) is 7.93. The number of hydrogen-bond acceptors (Lipinski definition) is 4. The van der Waals surface area contributed by atoms with E-state index in [-0.39, 0.29) is 18.4 Å². The van der Waals surface area contributed by atoms with E-state index in [4.69, 9.17) is 4.74 Å². The molecule has 1 aliphatic carbocycles. The monoisotopic (exact) mass is 394 g/mol. The summed E-state index contributed by atoms with van der Waals surface area (Å²) in [6, 6.07) is 15.3. The van der Waals surface area contributed by atoms with Gasteiger partial charge in [-0.2, -0.15) is 0 Å². The van der Waals surface area contributed by atoms with E-state index in [0.717, 1.165) is 48.2 Å². The minimum absolute atomic E-state index is 0.0419. The molecule has 0 aromatic heterocycles. The molecule has 2 aromatic rings. The molecule has 1 saturated heterocycles. The van der Waals surface area contributed by atoms with Crippen molar-refractivity contribution in [3.05, 3.63) is 59.7 Å². The Kier molecular flexibility index (Phi) is 5.53. The van der Waals surface area contributed by atoms with Gasteiger partial charge >= 0.3 is 12.1 Å². The quantitative estimate of drug-likeness (QED) is 0.813. The molecule has 0 saturated carbocycles. The van der Waals surface area contributed by atoms with Crippen LogP contribution in [0.15, 0.2) is 48.5 Å². The zero-order valence-electron chi connectivity index (χ0n) is 16.5. The van der Waals surface area contributed by atoms with Crippen molar-refractivity contribution in [2.24, 2.45) is 5.92 Å². The third-order valence-corrected chi connectivity index (χ3v) is 6.12. The third-order valence-electron chi connectivity index (χ3n) is 6.12. The van der Waals surface area contributed by atoms with Crippen molar-refractivity contribution in [2.75, 3.05) is 26.7 Å². The highest BCUT2D eigenvalue weighted by Crippen LogP contribution is 2.44. The van der Waals surface area contributed by atoms with E-state index in [2.05, 4.69) is 34.5 Å². The van der Waals surface area contributed by atoms with Crippen molar-refractivity contribution in [2.45, 2.75) is 24.8 Å². The van der Waals surface area contributed by atoms with Gasteiger partial charge in [0.2, 0.25) is 0 Å². The van der Waals surface area contributed by atoms with Crippen molar-refractivity contribution >= 4 is 12.1 Å². The molecule has 0 radical (unpaired) electrons. The fourth-order valence-corrected chi connectivity index (χ4v) is 4.51. The summed E-state index contributed by atoms with van der Waals surface area (Å²) in [5, 5.41) is 12.2. The lowest BCUT2D eigenvalue weighted by molar-refractivity contribution is -0.141.